The summed E-state index contributed by atoms with van der Waals surface area (Å²) < 4.78 is 0. The molecule has 2 aromatic heterocycles. The van der Waals surface area contributed by atoms with E-state index in [9.17, 15) is 0 Å². The highest BCUT2D eigenvalue weighted by Gasteiger charge is 1.96. The third-order valence-electron chi connectivity index (χ3n) is 2.10. The first-order valence-electron chi connectivity index (χ1n) is 4.96. The molecule has 2 aromatic rings. The van der Waals surface area contributed by atoms with E-state index in [0.29, 0.717) is 0 Å². The first-order chi connectivity index (χ1) is 7.34. The topological polar surface area (TPSA) is 53.6 Å². The van der Waals surface area contributed by atoms with Gasteiger partial charge in [-0.25, -0.2) is 4.98 Å². The van der Waals surface area contributed by atoms with Crippen molar-refractivity contribution in [2.45, 2.75) is 20.0 Å². The van der Waals surface area contributed by atoms with E-state index >= 15 is 0 Å². The predicted molar refractivity (Wildman–Crippen MR) is 58.1 cm³/mol. The Kier molecular flexibility index (Phi) is 3.09. The molecule has 0 aliphatic heterocycles. The molecule has 0 saturated heterocycles. The van der Waals surface area contributed by atoms with E-state index in [1.54, 1.807) is 6.20 Å². The molecule has 0 saturated carbocycles. The van der Waals surface area contributed by atoms with Crippen LogP contribution in [0.3, 0.4) is 0 Å². The fourth-order valence-corrected chi connectivity index (χ4v) is 1.39. The van der Waals surface area contributed by atoms with E-state index in [-0.39, 0.29) is 0 Å². The molecular weight excluding hydrogens is 188 g/mol. The van der Waals surface area contributed by atoms with Gasteiger partial charge in [-0.1, -0.05) is 6.07 Å². The number of aromatic nitrogens is 3. The Morgan fingerprint density at radius 2 is 2.20 bits per heavy atom. The zero-order valence-electron chi connectivity index (χ0n) is 8.70. The number of rotatable bonds is 4. The van der Waals surface area contributed by atoms with Gasteiger partial charge in [-0.3, -0.25) is 4.98 Å². The smallest absolute Gasteiger partial charge is 0.103 e. The van der Waals surface area contributed by atoms with Crippen LogP contribution in [0.15, 0.2) is 30.6 Å². The Labute approximate surface area is 88.8 Å². The molecule has 0 atom stereocenters. The van der Waals surface area contributed by atoms with Gasteiger partial charge >= 0.3 is 0 Å². The standard InChI is InChI=1S/C11H14N4/c1-9-14-8-11(15-9)7-12-6-10-4-2-3-5-13-10/h2-5,8,12H,6-7H2,1H3,(H,14,15). The van der Waals surface area contributed by atoms with Gasteiger partial charge in [0.15, 0.2) is 0 Å². The number of pyridine rings is 1. The third-order valence-corrected chi connectivity index (χ3v) is 2.10. The molecule has 0 amide bonds. The van der Waals surface area contributed by atoms with Gasteiger partial charge in [0.2, 0.25) is 0 Å². The zero-order valence-corrected chi connectivity index (χ0v) is 8.70. The van der Waals surface area contributed by atoms with Gasteiger partial charge in [0.25, 0.3) is 0 Å². The Morgan fingerprint density at radius 3 is 2.87 bits per heavy atom. The van der Waals surface area contributed by atoms with E-state index in [1.807, 2.05) is 31.3 Å². The van der Waals surface area contributed by atoms with Gasteiger partial charge in [0.05, 0.1) is 5.69 Å². The van der Waals surface area contributed by atoms with E-state index < -0.39 is 0 Å². The lowest BCUT2D eigenvalue weighted by atomic mass is 10.3. The second-order valence-corrected chi connectivity index (χ2v) is 3.42. The molecule has 4 heteroatoms. The Hall–Kier alpha value is -1.68. The molecule has 0 aromatic carbocycles. The van der Waals surface area contributed by atoms with Crippen molar-refractivity contribution in [1.82, 2.24) is 20.3 Å². The van der Waals surface area contributed by atoms with Crippen LogP contribution in [-0.4, -0.2) is 15.0 Å². The lowest BCUT2D eigenvalue weighted by Crippen LogP contribution is -2.13. The average Bonchev–Trinajstić information content (AvgIpc) is 2.66. The van der Waals surface area contributed by atoms with Gasteiger partial charge < -0.3 is 10.3 Å². The van der Waals surface area contributed by atoms with Crippen LogP contribution in [0, 0.1) is 6.92 Å². The molecule has 0 aliphatic carbocycles. The summed E-state index contributed by atoms with van der Waals surface area (Å²) in [6, 6.07) is 5.91. The van der Waals surface area contributed by atoms with E-state index in [1.165, 1.54) is 0 Å². The predicted octanol–water partition coefficient (Wildman–Crippen LogP) is 1.40. The van der Waals surface area contributed by atoms with Crippen molar-refractivity contribution in [2.75, 3.05) is 0 Å². The summed E-state index contributed by atoms with van der Waals surface area (Å²) >= 11 is 0. The minimum atomic E-state index is 0.777. The number of H-pyrrole nitrogens is 1. The molecule has 0 fully saturated rings. The maximum atomic E-state index is 4.23. The highest BCUT2D eigenvalue weighted by Crippen LogP contribution is 1.96. The Morgan fingerprint density at radius 1 is 1.27 bits per heavy atom. The summed E-state index contributed by atoms with van der Waals surface area (Å²) in [5.41, 5.74) is 2.15. The SMILES string of the molecule is Cc1ncc(CNCc2ccccn2)[nH]1. The summed E-state index contributed by atoms with van der Waals surface area (Å²) in [6.45, 7) is 3.51. The first kappa shape index (κ1) is 9.86. The molecule has 0 unspecified atom stereocenters. The van der Waals surface area contributed by atoms with Crippen LogP contribution in [-0.2, 0) is 13.1 Å². The monoisotopic (exact) mass is 202 g/mol. The van der Waals surface area contributed by atoms with Crippen LogP contribution in [0.5, 0.6) is 0 Å². The second kappa shape index (κ2) is 4.70. The third kappa shape index (κ3) is 2.89. The lowest BCUT2D eigenvalue weighted by Gasteiger charge is -2.01. The fourth-order valence-electron chi connectivity index (χ4n) is 1.39. The number of aryl methyl sites for hydroxylation is 1. The largest absolute Gasteiger partial charge is 0.345 e. The van der Waals surface area contributed by atoms with Gasteiger partial charge in [-0.15, -0.1) is 0 Å². The fraction of sp³-hybridized carbons (Fsp3) is 0.273. The summed E-state index contributed by atoms with van der Waals surface area (Å²) in [6.07, 6.45) is 3.65. The number of imidazole rings is 1. The maximum Gasteiger partial charge on any atom is 0.103 e. The summed E-state index contributed by atoms with van der Waals surface area (Å²) in [5.74, 6) is 0.949. The molecule has 0 spiro atoms. The van der Waals surface area contributed by atoms with Crippen molar-refractivity contribution < 1.29 is 0 Å². The van der Waals surface area contributed by atoms with Crippen LogP contribution in [0.1, 0.15) is 17.2 Å². The van der Waals surface area contributed by atoms with Crippen molar-refractivity contribution in [3.63, 3.8) is 0 Å². The summed E-state index contributed by atoms with van der Waals surface area (Å²) in [7, 11) is 0. The van der Waals surface area contributed by atoms with Crippen molar-refractivity contribution in [2.24, 2.45) is 0 Å². The van der Waals surface area contributed by atoms with Crippen LogP contribution < -0.4 is 5.32 Å². The number of nitrogens with one attached hydrogen (secondary N) is 2. The molecule has 0 bridgehead atoms. The molecule has 15 heavy (non-hydrogen) atoms. The molecule has 2 rings (SSSR count). The van der Waals surface area contributed by atoms with Crippen LogP contribution in [0.4, 0.5) is 0 Å². The minimum absolute atomic E-state index is 0.777. The van der Waals surface area contributed by atoms with Crippen LogP contribution >= 0.6 is 0 Å². The van der Waals surface area contributed by atoms with Gasteiger partial charge in [0.1, 0.15) is 5.82 Å². The molecule has 2 N–H and O–H groups in total. The minimum Gasteiger partial charge on any atom is -0.345 e. The summed E-state index contributed by atoms with van der Waals surface area (Å²) in [4.78, 5) is 11.5. The van der Waals surface area contributed by atoms with E-state index in [2.05, 4.69) is 20.3 Å². The van der Waals surface area contributed by atoms with E-state index in [4.69, 9.17) is 0 Å². The van der Waals surface area contributed by atoms with Crippen LogP contribution in [0.25, 0.3) is 0 Å². The van der Waals surface area contributed by atoms with Crippen molar-refractivity contribution in [3.8, 4) is 0 Å². The zero-order chi connectivity index (χ0) is 10.5. The van der Waals surface area contributed by atoms with Crippen molar-refractivity contribution in [1.29, 1.82) is 0 Å². The molecular formula is C11H14N4. The first-order valence-corrected chi connectivity index (χ1v) is 4.96. The summed E-state index contributed by atoms with van der Waals surface area (Å²) in [5, 5.41) is 3.30. The quantitative estimate of drug-likeness (QED) is 0.788. The lowest BCUT2D eigenvalue weighted by molar-refractivity contribution is 0.669. The number of nitrogens with zero attached hydrogens (tertiary/aromatic N) is 2. The molecule has 0 aliphatic rings. The van der Waals surface area contributed by atoms with Gasteiger partial charge in [-0.05, 0) is 19.1 Å². The normalized spacial score (nSPS) is 10.5. The highest BCUT2D eigenvalue weighted by molar-refractivity contribution is 5.04. The maximum absolute atomic E-state index is 4.23. The number of hydrogen-bond donors (Lipinski definition) is 2. The van der Waals surface area contributed by atoms with Crippen molar-refractivity contribution in [3.05, 3.63) is 47.8 Å². The molecule has 2 heterocycles. The molecule has 4 nitrogen and oxygen atoms in total. The van der Waals surface area contributed by atoms with Crippen LogP contribution in [0.2, 0.25) is 0 Å². The van der Waals surface area contributed by atoms with E-state index in [0.717, 1.165) is 30.3 Å². The molecule has 78 valence electrons. The second-order valence-electron chi connectivity index (χ2n) is 3.42. The number of aromatic amines is 1. The highest BCUT2D eigenvalue weighted by atomic mass is 15.0. The number of hydrogen-bond acceptors (Lipinski definition) is 3. The van der Waals surface area contributed by atoms with Gasteiger partial charge in [0, 0.05) is 31.2 Å². The van der Waals surface area contributed by atoms with Crippen molar-refractivity contribution >= 4 is 0 Å². The Balaban J connectivity index is 1.80. The van der Waals surface area contributed by atoms with Gasteiger partial charge in [-0.2, -0.15) is 0 Å². The molecule has 0 radical (unpaired) electrons. The average molecular weight is 202 g/mol. The Bertz CT molecular complexity index is 408.